The second-order valence-corrected chi connectivity index (χ2v) is 4.16. The Morgan fingerprint density at radius 3 is 2.68 bits per heavy atom. The van der Waals surface area contributed by atoms with Crippen molar-refractivity contribution in [1.82, 2.24) is 20.6 Å². The van der Waals surface area contributed by atoms with Crippen molar-refractivity contribution >= 4 is 17.8 Å². The number of carboxylic acid groups (broad SMARTS) is 1. The Morgan fingerprint density at radius 2 is 2.11 bits per heavy atom. The summed E-state index contributed by atoms with van der Waals surface area (Å²) < 4.78 is 0. The van der Waals surface area contributed by atoms with E-state index in [0.717, 1.165) is 6.33 Å². The lowest BCUT2D eigenvalue weighted by molar-refractivity contribution is -0.121. The molecule has 1 aromatic rings. The van der Waals surface area contributed by atoms with Crippen LogP contribution >= 0.6 is 0 Å². The summed E-state index contributed by atoms with van der Waals surface area (Å²) in [6, 6.07) is 0.0353. The maximum Gasteiger partial charge on any atom is 0.354 e. The lowest BCUT2D eigenvalue weighted by atomic mass is 10.3. The van der Waals surface area contributed by atoms with Crippen LogP contribution in [0.3, 0.4) is 0 Å². The number of H-pyrrole nitrogens is 1. The molecule has 4 N–H and O–H groups in total. The minimum Gasteiger partial charge on any atom is -0.477 e. The topological polar surface area (TPSA) is 124 Å². The Labute approximate surface area is 109 Å². The molecule has 0 saturated heterocycles. The molecule has 0 bridgehead atoms. The first-order valence-electron chi connectivity index (χ1n) is 5.76. The second-order valence-electron chi connectivity index (χ2n) is 4.16. The molecule has 0 aromatic carbocycles. The number of rotatable bonds is 6. The highest BCUT2D eigenvalue weighted by Crippen LogP contribution is 2.02. The summed E-state index contributed by atoms with van der Waals surface area (Å²) in [5, 5.41) is 13.9. The number of aromatic amines is 1. The van der Waals surface area contributed by atoms with Gasteiger partial charge < -0.3 is 20.7 Å². The molecule has 0 fully saturated rings. The third kappa shape index (κ3) is 4.41. The Bertz CT molecular complexity index is 481. The predicted octanol–water partition coefficient (Wildman–Crippen LogP) is -0.248. The monoisotopic (exact) mass is 268 g/mol. The zero-order chi connectivity index (χ0) is 14.4. The summed E-state index contributed by atoms with van der Waals surface area (Å²) in [6.45, 7) is 3.78. The van der Waals surface area contributed by atoms with Gasteiger partial charge in [0.15, 0.2) is 11.4 Å². The summed E-state index contributed by atoms with van der Waals surface area (Å²) in [5.41, 5.74) is -0.471. The lowest BCUT2D eigenvalue weighted by Gasteiger charge is -2.08. The van der Waals surface area contributed by atoms with E-state index in [9.17, 15) is 14.4 Å². The number of carbonyl (C=O) groups excluding carboxylic acids is 2. The van der Waals surface area contributed by atoms with Crippen molar-refractivity contribution in [3.63, 3.8) is 0 Å². The van der Waals surface area contributed by atoms with Crippen LogP contribution in [0.25, 0.3) is 0 Å². The summed E-state index contributed by atoms with van der Waals surface area (Å²) in [6.07, 6.45) is 1.25. The third-order valence-corrected chi connectivity index (χ3v) is 2.16. The van der Waals surface area contributed by atoms with Crippen LogP contribution in [0.15, 0.2) is 6.33 Å². The van der Waals surface area contributed by atoms with Crippen molar-refractivity contribution in [3.05, 3.63) is 17.7 Å². The van der Waals surface area contributed by atoms with Crippen LogP contribution in [-0.4, -0.2) is 45.4 Å². The van der Waals surface area contributed by atoms with Gasteiger partial charge in [-0.15, -0.1) is 0 Å². The first-order valence-corrected chi connectivity index (χ1v) is 5.76. The highest BCUT2D eigenvalue weighted by Gasteiger charge is 2.19. The van der Waals surface area contributed by atoms with Gasteiger partial charge in [0.05, 0.1) is 6.33 Å². The van der Waals surface area contributed by atoms with Gasteiger partial charge in [-0.2, -0.15) is 0 Å². The van der Waals surface area contributed by atoms with Crippen molar-refractivity contribution in [2.45, 2.75) is 26.3 Å². The molecule has 0 aliphatic carbocycles. The van der Waals surface area contributed by atoms with E-state index in [-0.39, 0.29) is 36.3 Å². The molecule has 0 radical (unpaired) electrons. The standard InChI is InChI=1S/C11H16N4O4/c1-6(2)15-7(16)3-4-12-10(17)8-9(11(18)19)14-5-13-8/h5-6H,3-4H2,1-2H3,(H,12,17)(H,13,14)(H,15,16)(H,18,19). The summed E-state index contributed by atoms with van der Waals surface area (Å²) in [4.78, 5) is 39.7. The molecule has 0 aliphatic heterocycles. The van der Waals surface area contributed by atoms with E-state index in [4.69, 9.17) is 5.11 Å². The second kappa shape index (κ2) is 6.53. The molecular formula is C11H16N4O4. The van der Waals surface area contributed by atoms with Gasteiger partial charge in [0.1, 0.15) is 0 Å². The number of hydrogen-bond acceptors (Lipinski definition) is 4. The van der Waals surface area contributed by atoms with E-state index in [1.807, 2.05) is 13.8 Å². The lowest BCUT2D eigenvalue weighted by Crippen LogP contribution is -2.34. The maximum atomic E-state index is 11.6. The Morgan fingerprint density at radius 1 is 1.42 bits per heavy atom. The van der Waals surface area contributed by atoms with Gasteiger partial charge in [0, 0.05) is 19.0 Å². The zero-order valence-electron chi connectivity index (χ0n) is 10.7. The van der Waals surface area contributed by atoms with Crippen molar-refractivity contribution < 1.29 is 19.5 Å². The molecule has 0 aliphatic rings. The van der Waals surface area contributed by atoms with Crippen LogP contribution in [0.2, 0.25) is 0 Å². The van der Waals surface area contributed by atoms with E-state index < -0.39 is 11.9 Å². The molecule has 19 heavy (non-hydrogen) atoms. The molecule has 0 spiro atoms. The molecule has 1 aromatic heterocycles. The normalized spacial score (nSPS) is 10.3. The smallest absolute Gasteiger partial charge is 0.354 e. The molecule has 2 amide bonds. The number of imidazole rings is 1. The average molecular weight is 268 g/mol. The first kappa shape index (κ1) is 14.7. The van der Waals surface area contributed by atoms with E-state index in [0.29, 0.717) is 0 Å². The predicted molar refractivity (Wildman–Crippen MR) is 65.8 cm³/mol. The molecule has 0 saturated carbocycles. The van der Waals surface area contributed by atoms with Crippen molar-refractivity contribution in [2.24, 2.45) is 0 Å². The quantitative estimate of drug-likeness (QED) is 0.566. The third-order valence-electron chi connectivity index (χ3n) is 2.16. The van der Waals surface area contributed by atoms with Crippen molar-refractivity contribution in [2.75, 3.05) is 6.54 Å². The van der Waals surface area contributed by atoms with Gasteiger partial charge in [-0.1, -0.05) is 0 Å². The van der Waals surface area contributed by atoms with Crippen LogP contribution in [-0.2, 0) is 4.79 Å². The van der Waals surface area contributed by atoms with Crippen molar-refractivity contribution in [1.29, 1.82) is 0 Å². The number of nitrogens with one attached hydrogen (secondary N) is 3. The van der Waals surface area contributed by atoms with Crippen LogP contribution in [0.5, 0.6) is 0 Å². The number of hydrogen-bond donors (Lipinski definition) is 4. The van der Waals surface area contributed by atoms with Gasteiger partial charge in [0.25, 0.3) is 5.91 Å². The molecular weight excluding hydrogens is 252 g/mol. The molecule has 8 heteroatoms. The summed E-state index contributed by atoms with van der Waals surface area (Å²) in [7, 11) is 0. The fourth-order valence-electron chi connectivity index (χ4n) is 1.40. The Balaban J connectivity index is 2.46. The fourth-order valence-corrected chi connectivity index (χ4v) is 1.40. The first-order chi connectivity index (χ1) is 8.91. The van der Waals surface area contributed by atoms with E-state index in [1.165, 1.54) is 0 Å². The van der Waals surface area contributed by atoms with Crippen LogP contribution < -0.4 is 10.6 Å². The van der Waals surface area contributed by atoms with Crippen LogP contribution in [0.4, 0.5) is 0 Å². The summed E-state index contributed by atoms with van der Waals surface area (Å²) in [5.74, 6) is -2.08. The number of carboxylic acids is 1. The fraction of sp³-hybridized carbons (Fsp3) is 0.455. The molecule has 1 rings (SSSR count). The highest BCUT2D eigenvalue weighted by atomic mass is 16.4. The Hall–Kier alpha value is -2.38. The molecule has 104 valence electrons. The minimum atomic E-state index is -1.26. The largest absolute Gasteiger partial charge is 0.477 e. The average Bonchev–Trinajstić information content (AvgIpc) is 2.76. The Kier molecular flexibility index (Phi) is 5.04. The maximum absolute atomic E-state index is 11.6. The SMILES string of the molecule is CC(C)NC(=O)CCNC(=O)c1nc[nH]c1C(=O)O. The van der Waals surface area contributed by atoms with Gasteiger partial charge in [-0.25, -0.2) is 9.78 Å². The highest BCUT2D eigenvalue weighted by molar-refractivity contribution is 6.02. The van der Waals surface area contributed by atoms with Gasteiger partial charge in [-0.3, -0.25) is 9.59 Å². The van der Waals surface area contributed by atoms with Gasteiger partial charge in [-0.05, 0) is 13.8 Å². The number of carbonyl (C=O) groups is 3. The number of nitrogens with zero attached hydrogens (tertiary/aromatic N) is 1. The van der Waals surface area contributed by atoms with Crippen molar-refractivity contribution in [3.8, 4) is 0 Å². The number of aromatic nitrogens is 2. The zero-order valence-corrected chi connectivity index (χ0v) is 10.7. The van der Waals surface area contributed by atoms with Gasteiger partial charge in [0.2, 0.25) is 5.91 Å². The summed E-state index contributed by atoms with van der Waals surface area (Å²) >= 11 is 0. The molecule has 8 nitrogen and oxygen atoms in total. The molecule has 0 atom stereocenters. The molecule has 0 unspecified atom stereocenters. The van der Waals surface area contributed by atoms with Gasteiger partial charge >= 0.3 is 5.97 Å². The van der Waals surface area contributed by atoms with E-state index in [2.05, 4.69) is 20.6 Å². The van der Waals surface area contributed by atoms with Crippen LogP contribution in [0, 0.1) is 0 Å². The number of amides is 2. The van der Waals surface area contributed by atoms with Crippen LogP contribution in [0.1, 0.15) is 41.2 Å². The van der Waals surface area contributed by atoms with E-state index >= 15 is 0 Å². The minimum absolute atomic E-state index is 0.0353. The number of aromatic carboxylic acids is 1. The molecule has 1 heterocycles. The van der Waals surface area contributed by atoms with E-state index in [1.54, 1.807) is 0 Å².